The summed E-state index contributed by atoms with van der Waals surface area (Å²) in [7, 11) is 0. The molecular formula is C21H25ClN4O2. The van der Waals surface area contributed by atoms with Crippen molar-refractivity contribution in [3.05, 3.63) is 47.4 Å². The molecule has 0 saturated carbocycles. The predicted molar refractivity (Wildman–Crippen MR) is 108 cm³/mol. The molecule has 2 aliphatic heterocycles. The summed E-state index contributed by atoms with van der Waals surface area (Å²) in [5.41, 5.74) is 2.72. The van der Waals surface area contributed by atoms with Crippen molar-refractivity contribution in [2.24, 2.45) is 0 Å². The van der Waals surface area contributed by atoms with Crippen LogP contribution in [0.5, 0.6) is 0 Å². The van der Waals surface area contributed by atoms with E-state index in [1.807, 2.05) is 35.4 Å². The molecule has 7 heteroatoms. The molecule has 148 valence electrons. The van der Waals surface area contributed by atoms with E-state index in [-0.39, 0.29) is 11.8 Å². The first-order valence-electron chi connectivity index (χ1n) is 9.85. The van der Waals surface area contributed by atoms with Gasteiger partial charge in [0.2, 0.25) is 5.91 Å². The lowest BCUT2D eigenvalue weighted by Gasteiger charge is -2.34. The van der Waals surface area contributed by atoms with Crippen LogP contribution in [0.4, 0.5) is 0 Å². The van der Waals surface area contributed by atoms with E-state index in [0.717, 1.165) is 49.4 Å². The van der Waals surface area contributed by atoms with E-state index >= 15 is 0 Å². The van der Waals surface area contributed by atoms with Gasteiger partial charge in [-0.1, -0.05) is 23.7 Å². The molecule has 1 amide bonds. The molecule has 2 saturated heterocycles. The standard InChI is InChI=1S/C21H25ClN4O2/c22-18-5-1-3-16(11-18)19-12-23-13-20(24-19)17-4-2-6-26(14-17)21(27)15-25-7-9-28-10-8-25/h1,3,5,11-13,17H,2,4,6-10,14-15H2. The van der Waals surface area contributed by atoms with Gasteiger partial charge in [0, 0.05) is 48.9 Å². The molecule has 1 aromatic heterocycles. The lowest BCUT2D eigenvalue weighted by molar-refractivity contribution is -0.134. The van der Waals surface area contributed by atoms with Gasteiger partial charge in [0.05, 0.1) is 37.3 Å². The van der Waals surface area contributed by atoms with Gasteiger partial charge >= 0.3 is 0 Å². The van der Waals surface area contributed by atoms with Crippen molar-refractivity contribution in [2.45, 2.75) is 18.8 Å². The van der Waals surface area contributed by atoms with E-state index in [0.29, 0.717) is 31.3 Å². The second kappa shape index (κ2) is 8.99. The predicted octanol–water partition coefficient (Wildman–Crippen LogP) is 2.84. The Bertz CT molecular complexity index is 826. The molecule has 1 unspecified atom stereocenters. The summed E-state index contributed by atoms with van der Waals surface area (Å²) >= 11 is 6.11. The highest BCUT2D eigenvalue weighted by Crippen LogP contribution is 2.28. The second-order valence-electron chi connectivity index (χ2n) is 7.41. The fraction of sp³-hybridized carbons (Fsp3) is 0.476. The van der Waals surface area contributed by atoms with Crippen LogP contribution in [0, 0.1) is 0 Å². The first-order chi connectivity index (χ1) is 13.7. The molecule has 6 nitrogen and oxygen atoms in total. The van der Waals surface area contributed by atoms with Gasteiger partial charge in [-0.2, -0.15) is 0 Å². The molecule has 2 aromatic rings. The Hall–Kier alpha value is -2.02. The molecule has 2 fully saturated rings. The molecule has 0 N–H and O–H groups in total. The summed E-state index contributed by atoms with van der Waals surface area (Å²) < 4.78 is 5.37. The van der Waals surface area contributed by atoms with E-state index < -0.39 is 0 Å². The third-order valence-corrected chi connectivity index (χ3v) is 5.66. The van der Waals surface area contributed by atoms with Crippen molar-refractivity contribution in [3.8, 4) is 11.3 Å². The SMILES string of the molecule is O=C(CN1CCOCC1)N1CCCC(c2cncc(-c3cccc(Cl)c3)n2)C1. The van der Waals surface area contributed by atoms with Gasteiger partial charge in [-0.05, 0) is 25.0 Å². The summed E-state index contributed by atoms with van der Waals surface area (Å²) in [4.78, 5) is 26.2. The van der Waals surface area contributed by atoms with E-state index in [1.54, 1.807) is 6.20 Å². The number of benzene rings is 1. The molecule has 0 radical (unpaired) electrons. The first-order valence-corrected chi connectivity index (χ1v) is 10.2. The summed E-state index contributed by atoms with van der Waals surface area (Å²) in [6.07, 6.45) is 5.60. The zero-order valence-electron chi connectivity index (χ0n) is 15.9. The van der Waals surface area contributed by atoms with Crippen LogP contribution in [0.25, 0.3) is 11.3 Å². The lowest BCUT2D eigenvalue weighted by atomic mass is 9.94. The van der Waals surface area contributed by atoms with Gasteiger partial charge in [-0.15, -0.1) is 0 Å². The molecule has 0 bridgehead atoms. The van der Waals surface area contributed by atoms with Crippen LogP contribution in [0.15, 0.2) is 36.7 Å². The van der Waals surface area contributed by atoms with E-state index in [9.17, 15) is 4.79 Å². The number of amides is 1. The number of carbonyl (C=O) groups is 1. The van der Waals surface area contributed by atoms with Crippen LogP contribution in [-0.2, 0) is 9.53 Å². The topological polar surface area (TPSA) is 58.6 Å². The summed E-state index contributed by atoms with van der Waals surface area (Å²) in [5, 5.41) is 0.683. The number of hydrogen-bond donors (Lipinski definition) is 0. The largest absolute Gasteiger partial charge is 0.379 e. The number of likely N-dealkylation sites (tertiary alicyclic amines) is 1. The first kappa shape index (κ1) is 19.3. The Balaban J connectivity index is 1.44. The van der Waals surface area contributed by atoms with Crippen LogP contribution in [0.1, 0.15) is 24.5 Å². The van der Waals surface area contributed by atoms with E-state index in [2.05, 4.69) is 9.88 Å². The average Bonchev–Trinajstić information content (AvgIpc) is 2.75. The molecule has 3 heterocycles. The highest BCUT2D eigenvalue weighted by molar-refractivity contribution is 6.30. The highest BCUT2D eigenvalue weighted by Gasteiger charge is 2.27. The molecule has 1 aromatic carbocycles. The number of aromatic nitrogens is 2. The number of hydrogen-bond acceptors (Lipinski definition) is 5. The fourth-order valence-electron chi connectivity index (χ4n) is 3.86. The van der Waals surface area contributed by atoms with Crippen molar-refractivity contribution in [2.75, 3.05) is 45.9 Å². The lowest BCUT2D eigenvalue weighted by Crippen LogP contribution is -2.47. The van der Waals surface area contributed by atoms with Crippen molar-refractivity contribution in [1.29, 1.82) is 0 Å². The number of rotatable bonds is 4. The number of ether oxygens (including phenoxy) is 1. The van der Waals surface area contributed by atoms with Crippen molar-refractivity contribution >= 4 is 17.5 Å². The third kappa shape index (κ3) is 4.69. The van der Waals surface area contributed by atoms with Gasteiger partial charge in [-0.3, -0.25) is 14.7 Å². The van der Waals surface area contributed by atoms with Gasteiger partial charge in [0.25, 0.3) is 0 Å². The number of morpholine rings is 1. The zero-order valence-corrected chi connectivity index (χ0v) is 16.6. The quantitative estimate of drug-likeness (QED) is 0.789. The van der Waals surface area contributed by atoms with Crippen LogP contribution in [0.2, 0.25) is 5.02 Å². The Labute approximate surface area is 170 Å². The maximum absolute atomic E-state index is 12.8. The van der Waals surface area contributed by atoms with Gasteiger partial charge < -0.3 is 9.64 Å². The van der Waals surface area contributed by atoms with Crippen LogP contribution >= 0.6 is 11.6 Å². The Morgan fingerprint density at radius 2 is 2.07 bits per heavy atom. The third-order valence-electron chi connectivity index (χ3n) is 5.43. The Morgan fingerprint density at radius 3 is 2.89 bits per heavy atom. The molecule has 0 aliphatic carbocycles. The summed E-state index contributed by atoms with van der Waals surface area (Å²) in [6.45, 7) is 5.08. The van der Waals surface area contributed by atoms with Gasteiger partial charge in [-0.25, -0.2) is 4.98 Å². The number of piperidine rings is 1. The monoisotopic (exact) mass is 400 g/mol. The normalized spacial score (nSPS) is 20.9. The van der Waals surface area contributed by atoms with E-state index in [1.165, 1.54) is 0 Å². The summed E-state index contributed by atoms with van der Waals surface area (Å²) in [6, 6.07) is 7.65. The molecule has 2 aliphatic rings. The van der Waals surface area contributed by atoms with Crippen LogP contribution in [0.3, 0.4) is 0 Å². The molecule has 28 heavy (non-hydrogen) atoms. The minimum absolute atomic E-state index is 0.200. The fourth-order valence-corrected chi connectivity index (χ4v) is 4.05. The molecular weight excluding hydrogens is 376 g/mol. The maximum Gasteiger partial charge on any atom is 0.236 e. The smallest absolute Gasteiger partial charge is 0.236 e. The van der Waals surface area contributed by atoms with Crippen molar-refractivity contribution in [3.63, 3.8) is 0 Å². The molecule has 0 spiro atoms. The summed E-state index contributed by atoms with van der Waals surface area (Å²) in [5.74, 6) is 0.416. The second-order valence-corrected chi connectivity index (χ2v) is 7.84. The zero-order chi connectivity index (χ0) is 19.3. The van der Waals surface area contributed by atoms with E-state index in [4.69, 9.17) is 21.3 Å². The maximum atomic E-state index is 12.8. The molecule has 4 rings (SSSR count). The van der Waals surface area contributed by atoms with Crippen molar-refractivity contribution < 1.29 is 9.53 Å². The number of nitrogens with zero attached hydrogens (tertiary/aromatic N) is 4. The Morgan fingerprint density at radius 1 is 1.21 bits per heavy atom. The number of carbonyl (C=O) groups excluding carboxylic acids is 1. The minimum atomic E-state index is 0.200. The van der Waals surface area contributed by atoms with Crippen LogP contribution in [-0.4, -0.2) is 71.6 Å². The minimum Gasteiger partial charge on any atom is -0.379 e. The average molecular weight is 401 g/mol. The highest BCUT2D eigenvalue weighted by atomic mass is 35.5. The van der Waals surface area contributed by atoms with Crippen LogP contribution < -0.4 is 0 Å². The number of halogens is 1. The van der Waals surface area contributed by atoms with Gasteiger partial charge in [0.15, 0.2) is 0 Å². The Kier molecular flexibility index (Phi) is 6.20. The molecule has 1 atom stereocenters. The van der Waals surface area contributed by atoms with Gasteiger partial charge in [0.1, 0.15) is 0 Å². The van der Waals surface area contributed by atoms with Crippen molar-refractivity contribution in [1.82, 2.24) is 19.8 Å².